The molecule has 0 spiro atoms. The van der Waals surface area contributed by atoms with Crippen LogP contribution in [0.3, 0.4) is 0 Å². The summed E-state index contributed by atoms with van der Waals surface area (Å²) in [4.78, 5) is 0. The molecule has 0 amide bonds. The van der Waals surface area contributed by atoms with Gasteiger partial charge in [0.15, 0.2) is 0 Å². The molecular weight excluding hydrogens is 182 g/mol. The highest BCUT2D eigenvalue weighted by Gasteiger charge is 2.01. The fraction of sp³-hybridized carbons (Fsp3) is 0.429. The number of benzene rings is 1. The van der Waals surface area contributed by atoms with E-state index in [1.807, 2.05) is 6.07 Å². The van der Waals surface area contributed by atoms with Crippen molar-refractivity contribution < 1.29 is 0 Å². The van der Waals surface area contributed by atoms with E-state index in [9.17, 15) is 0 Å². The molecule has 0 aromatic heterocycles. The molecule has 1 aromatic rings. The van der Waals surface area contributed by atoms with Crippen LogP contribution in [-0.4, -0.2) is 12.6 Å². The van der Waals surface area contributed by atoms with Crippen molar-refractivity contribution >= 4 is 5.57 Å². The van der Waals surface area contributed by atoms with E-state index in [2.05, 4.69) is 50.0 Å². The number of hydrogen-bond donors (Lipinski definition) is 1. The highest BCUT2D eigenvalue weighted by atomic mass is 14.9. The Morgan fingerprint density at radius 2 is 2.00 bits per heavy atom. The van der Waals surface area contributed by atoms with Crippen LogP contribution < -0.4 is 5.32 Å². The van der Waals surface area contributed by atoms with Gasteiger partial charge < -0.3 is 5.32 Å². The Bertz CT molecular complexity index is 289. The SMILES string of the molecule is C=C(CNC(C)CCC)c1ccccc1. The molecule has 1 nitrogen and oxygen atoms in total. The predicted octanol–water partition coefficient (Wildman–Crippen LogP) is 3.48. The van der Waals surface area contributed by atoms with Gasteiger partial charge in [-0.1, -0.05) is 50.3 Å². The van der Waals surface area contributed by atoms with Crippen molar-refractivity contribution in [2.24, 2.45) is 0 Å². The van der Waals surface area contributed by atoms with E-state index in [-0.39, 0.29) is 0 Å². The van der Waals surface area contributed by atoms with Gasteiger partial charge in [0.1, 0.15) is 0 Å². The Kier molecular flexibility index (Phi) is 5.13. The number of hydrogen-bond acceptors (Lipinski definition) is 1. The molecule has 1 unspecified atom stereocenters. The van der Waals surface area contributed by atoms with Crippen LogP contribution in [0.2, 0.25) is 0 Å². The second-order valence-electron chi connectivity index (χ2n) is 4.04. The van der Waals surface area contributed by atoms with Crippen molar-refractivity contribution in [3.05, 3.63) is 42.5 Å². The summed E-state index contributed by atoms with van der Waals surface area (Å²) in [6.45, 7) is 9.41. The van der Waals surface area contributed by atoms with Gasteiger partial charge >= 0.3 is 0 Å². The minimum atomic E-state index is 0.579. The molecule has 0 aliphatic carbocycles. The number of nitrogens with one attached hydrogen (secondary N) is 1. The molecule has 0 saturated heterocycles. The Labute approximate surface area is 93.2 Å². The highest BCUT2D eigenvalue weighted by molar-refractivity contribution is 5.64. The Balaban J connectivity index is 2.37. The smallest absolute Gasteiger partial charge is 0.0208 e. The Morgan fingerprint density at radius 1 is 1.33 bits per heavy atom. The van der Waals surface area contributed by atoms with Crippen molar-refractivity contribution in [1.29, 1.82) is 0 Å². The van der Waals surface area contributed by atoms with Crippen LogP contribution in [0.15, 0.2) is 36.9 Å². The van der Waals surface area contributed by atoms with Crippen LogP contribution in [0.25, 0.3) is 5.57 Å². The molecule has 0 bridgehead atoms. The van der Waals surface area contributed by atoms with E-state index in [4.69, 9.17) is 0 Å². The molecule has 1 heteroatoms. The van der Waals surface area contributed by atoms with Crippen molar-refractivity contribution in [2.75, 3.05) is 6.54 Å². The van der Waals surface area contributed by atoms with E-state index >= 15 is 0 Å². The summed E-state index contributed by atoms with van der Waals surface area (Å²) in [5.74, 6) is 0. The van der Waals surface area contributed by atoms with Gasteiger partial charge in [-0.3, -0.25) is 0 Å². The Hall–Kier alpha value is -1.08. The van der Waals surface area contributed by atoms with Gasteiger partial charge in [0.25, 0.3) is 0 Å². The summed E-state index contributed by atoms with van der Waals surface area (Å²) >= 11 is 0. The van der Waals surface area contributed by atoms with Crippen molar-refractivity contribution in [1.82, 2.24) is 5.32 Å². The highest BCUT2D eigenvalue weighted by Crippen LogP contribution is 2.10. The maximum atomic E-state index is 4.09. The molecule has 0 fully saturated rings. The normalized spacial score (nSPS) is 12.4. The molecule has 15 heavy (non-hydrogen) atoms. The lowest BCUT2D eigenvalue weighted by Gasteiger charge is -2.14. The molecule has 1 atom stereocenters. The van der Waals surface area contributed by atoms with E-state index in [1.165, 1.54) is 24.0 Å². The lowest BCUT2D eigenvalue weighted by Crippen LogP contribution is -2.27. The summed E-state index contributed by atoms with van der Waals surface area (Å²) in [5, 5.41) is 3.48. The molecule has 1 N–H and O–H groups in total. The van der Waals surface area contributed by atoms with Crippen molar-refractivity contribution in [3.8, 4) is 0 Å². The lowest BCUT2D eigenvalue weighted by atomic mass is 10.1. The molecular formula is C14H21N. The van der Waals surface area contributed by atoms with Crippen LogP contribution in [0, 0.1) is 0 Å². The van der Waals surface area contributed by atoms with Crippen LogP contribution in [0.5, 0.6) is 0 Å². The van der Waals surface area contributed by atoms with Crippen LogP contribution >= 0.6 is 0 Å². The average molecular weight is 203 g/mol. The maximum absolute atomic E-state index is 4.09. The molecule has 82 valence electrons. The zero-order valence-corrected chi connectivity index (χ0v) is 9.79. The van der Waals surface area contributed by atoms with E-state index in [0.29, 0.717) is 6.04 Å². The van der Waals surface area contributed by atoms with Crippen molar-refractivity contribution in [3.63, 3.8) is 0 Å². The molecule has 1 aromatic carbocycles. The third-order valence-corrected chi connectivity index (χ3v) is 2.57. The van der Waals surface area contributed by atoms with Crippen molar-refractivity contribution in [2.45, 2.75) is 32.7 Å². The van der Waals surface area contributed by atoms with Gasteiger partial charge in [-0.2, -0.15) is 0 Å². The summed E-state index contributed by atoms with van der Waals surface area (Å²) in [6, 6.07) is 10.9. The molecule has 0 radical (unpaired) electrons. The maximum Gasteiger partial charge on any atom is 0.0208 e. The first kappa shape index (κ1) is 12.0. The summed E-state index contributed by atoms with van der Waals surface area (Å²) < 4.78 is 0. The van der Waals surface area contributed by atoms with Gasteiger partial charge in [-0.15, -0.1) is 0 Å². The first-order valence-corrected chi connectivity index (χ1v) is 5.70. The average Bonchev–Trinajstić information content (AvgIpc) is 2.27. The first-order chi connectivity index (χ1) is 7.24. The van der Waals surface area contributed by atoms with Gasteiger partial charge in [0.05, 0.1) is 0 Å². The topological polar surface area (TPSA) is 12.0 Å². The molecule has 0 aliphatic rings. The number of rotatable bonds is 6. The largest absolute Gasteiger partial charge is 0.310 e. The molecule has 0 heterocycles. The van der Waals surface area contributed by atoms with E-state index < -0.39 is 0 Å². The van der Waals surface area contributed by atoms with Gasteiger partial charge in [0.2, 0.25) is 0 Å². The van der Waals surface area contributed by atoms with Gasteiger partial charge in [-0.05, 0) is 24.5 Å². The minimum Gasteiger partial charge on any atom is -0.310 e. The third-order valence-electron chi connectivity index (χ3n) is 2.57. The summed E-state index contributed by atoms with van der Waals surface area (Å²) in [7, 11) is 0. The summed E-state index contributed by atoms with van der Waals surface area (Å²) in [5.41, 5.74) is 2.40. The molecule has 1 rings (SSSR count). The van der Waals surface area contributed by atoms with Gasteiger partial charge in [0, 0.05) is 12.6 Å². The zero-order chi connectivity index (χ0) is 11.1. The lowest BCUT2D eigenvalue weighted by molar-refractivity contribution is 0.539. The predicted molar refractivity (Wildman–Crippen MR) is 67.8 cm³/mol. The fourth-order valence-electron chi connectivity index (χ4n) is 1.61. The molecule has 0 saturated carbocycles. The standard InChI is InChI=1S/C14H21N/c1-4-8-13(3)15-11-12(2)14-9-6-5-7-10-14/h5-7,9-10,13,15H,2,4,8,11H2,1,3H3. The zero-order valence-electron chi connectivity index (χ0n) is 9.79. The van der Waals surface area contributed by atoms with E-state index in [0.717, 1.165) is 6.54 Å². The monoisotopic (exact) mass is 203 g/mol. The van der Waals surface area contributed by atoms with E-state index in [1.54, 1.807) is 0 Å². The Morgan fingerprint density at radius 3 is 2.60 bits per heavy atom. The first-order valence-electron chi connectivity index (χ1n) is 5.70. The summed E-state index contributed by atoms with van der Waals surface area (Å²) in [6.07, 6.45) is 2.45. The second kappa shape index (κ2) is 6.41. The second-order valence-corrected chi connectivity index (χ2v) is 4.04. The quantitative estimate of drug-likeness (QED) is 0.746. The van der Waals surface area contributed by atoms with Crippen LogP contribution in [0.4, 0.5) is 0 Å². The van der Waals surface area contributed by atoms with Crippen LogP contribution in [-0.2, 0) is 0 Å². The third kappa shape index (κ3) is 4.30. The minimum absolute atomic E-state index is 0.579. The van der Waals surface area contributed by atoms with Gasteiger partial charge in [-0.25, -0.2) is 0 Å². The molecule has 0 aliphatic heterocycles. The fourth-order valence-corrected chi connectivity index (χ4v) is 1.61. The van der Waals surface area contributed by atoms with Crippen LogP contribution in [0.1, 0.15) is 32.3 Å².